The van der Waals surface area contributed by atoms with E-state index in [1.54, 1.807) is 0 Å². The molecule has 4 aromatic carbocycles. The van der Waals surface area contributed by atoms with Crippen LogP contribution in [-0.2, 0) is 0 Å². The average Bonchev–Trinajstić information content (AvgIpc) is 3.02. The van der Waals surface area contributed by atoms with Gasteiger partial charge in [0.05, 0.1) is 0 Å². The molecule has 4 aromatic rings. The van der Waals surface area contributed by atoms with E-state index in [4.69, 9.17) is 9.05 Å². The number of rotatable bonds is 0. The van der Waals surface area contributed by atoms with Crippen molar-refractivity contribution in [1.29, 1.82) is 0 Å². The normalized spacial score (nSPS) is 19.8. The standard InChI is InChI=1S/C21H15O2P/c1-24(18-12-4-8-14-6-2-10-16(22-24)20(14)18)19-13-5-9-15-7-3-11-17(23-24)21(15)19/h2-13H,1H3. The van der Waals surface area contributed by atoms with E-state index in [1.165, 1.54) is 32.2 Å². The molecule has 2 heterocycles. The van der Waals surface area contributed by atoms with Crippen LogP contribution in [-0.4, -0.2) is 6.66 Å². The Morgan fingerprint density at radius 1 is 0.583 bits per heavy atom. The van der Waals surface area contributed by atoms with Crippen molar-refractivity contribution < 1.29 is 9.05 Å². The van der Waals surface area contributed by atoms with Crippen molar-refractivity contribution >= 4 is 39.2 Å². The quantitative estimate of drug-likeness (QED) is 0.434. The molecule has 0 unspecified atom stereocenters. The minimum atomic E-state index is -3.18. The zero-order valence-corrected chi connectivity index (χ0v) is 14.1. The fraction of sp³-hybridized carbons (Fsp3) is 0.0476. The Hall–Kier alpha value is -2.57. The van der Waals surface area contributed by atoms with E-state index in [9.17, 15) is 0 Å². The Bertz CT molecular complexity index is 1090. The van der Waals surface area contributed by atoms with E-state index in [0.717, 1.165) is 11.5 Å². The van der Waals surface area contributed by atoms with Gasteiger partial charge in [-0.15, -0.1) is 0 Å². The molecule has 3 heteroatoms. The summed E-state index contributed by atoms with van der Waals surface area (Å²) in [6, 6.07) is 25.4. The fourth-order valence-electron chi connectivity index (χ4n) is 4.41. The van der Waals surface area contributed by atoms with Gasteiger partial charge in [0.15, 0.2) is 0 Å². The first-order valence-corrected chi connectivity index (χ1v) is 10.7. The van der Waals surface area contributed by atoms with Gasteiger partial charge in [-0.05, 0) is 0 Å². The summed E-state index contributed by atoms with van der Waals surface area (Å²) in [7, 11) is -3.18. The third-order valence-electron chi connectivity index (χ3n) is 5.44. The summed E-state index contributed by atoms with van der Waals surface area (Å²) in [5.74, 6) is 1.88. The van der Waals surface area contributed by atoms with E-state index in [0.29, 0.717) is 0 Å². The Kier molecular flexibility index (Phi) is 1.99. The van der Waals surface area contributed by atoms with Crippen molar-refractivity contribution in [3.63, 3.8) is 0 Å². The molecule has 0 aromatic heterocycles. The summed E-state index contributed by atoms with van der Waals surface area (Å²) in [4.78, 5) is 0. The van der Waals surface area contributed by atoms with Crippen molar-refractivity contribution in [2.45, 2.75) is 0 Å². The van der Waals surface area contributed by atoms with Crippen LogP contribution in [0.15, 0.2) is 72.8 Å². The number of hydrogen-bond donors (Lipinski definition) is 0. The van der Waals surface area contributed by atoms with Crippen LogP contribution in [0.2, 0.25) is 0 Å². The molecule has 0 N–H and O–H groups in total. The van der Waals surface area contributed by atoms with E-state index in [2.05, 4.69) is 79.5 Å². The Balaban J connectivity index is 1.82. The number of hydrogen-bond acceptors (Lipinski definition) is 2. The molecular weight excluding hydrogens is 315 g/mol. The first kappa shape index (κ1) is 12.8. The van der Waals surface area contributed by atoms with Crippen molar-refractivity contribution in [2.24, 2.45) is 0 Å². The molecule has 2 aliphatic rings. The van der Waals surface area contributed by atoms with Gasteiger partial charge >= 0.3 is 139 Å². The SMILES string of the molecule is CP12(Oc3cccc4cccc1c34)Oc1cccc3cccc2c13. The van der Waals surface area contributed by atoms with Gasteiger partial charge in [0.2, 0.25) is 0 Å². The molecule has 0 saturated carbocycles. The van der Waals surface area contributed by atoms with Crippen LogP contribution in [0.4, 0.5) is 0 Å². The Labute approximate surface area is 139 Å². The molecule has 0 atom stereocenters. The second kappa shape index (κ2) is 3.74. The van der Waals surface area contributed by atoms with Gasteiger partial charge in [0, 0.05) is 0 Å². The zero-order chi connectivity index (χ0) is 16.0. The van der Waals surface area contributed by atoms with E-state index >= 15 is 0 Å². The Morgan fingerprint density at radius 2 is 1.00 bits per heavy atom. The minimum absolute atomic E-state index is 0.938. The van der Waals surface area contributed by atoms with Crippen LogP contribution in [0.1, 0.15) is 0 Å². The van der Waals surface area contributed by atoms with Crippen LogP contribution in [0.3, 0.4) is 0 Å². The maximum absolute atomic E-state index is 6.74. The number of fused-ring (bicyclic) bond motifs is 2. The molecule has 2 aliphatic heterocycles. The van der Waals surface area contributed by atoms with Crippen LogP contribution < -0.4 is 19.7 Å². The maximum atomic E-state index is 6.74. The summed E-state index contributed by atoms with van der Waals surface area (Å²) in [5, 5.41) is 7.23. The molecule has 1 spiro atoms. The molecule has 0 aliphatic carbocycles. The third kappa shape index (κ3) is 1.22. The number of benzene rings is 4. The molecular formula is C21H15O2P. The monoisotopic (exact) mass is 330 g/mol. The molecule has 0 amide bonds. The summed E-state index contributed by atoms with van der Waals surface area (Å²) in [6.45, 7) is 2.19. The molecule has 116 valence electrons. The van der Waals surface area contributed by atoms with Gasteiger partial charge < -0.3 is 0 Å². The van der Waals surface area contributed by atoms with Crippen molar-refractivity contribution in [2.75, 3.05) is 6.66 Å². The summed E-state index contributed by atoms with van der Waals surface area (Å²) >= 11 is 0. The van der Waals surface area contributed by atoms with Crippen LogP contribution in [0, 0.1) is 0 Å². The average molecular weight is 330 g/mol. The summed E-state index contributed by atoms with van der Waals surface area (Å²) < 4.78 is 13.5. The summed E-state index contributed by atoms with van der Waals surface area (Å²) in [6.07, 6.45) is 0. The molecule has 0 radical (unpaired) electrons. The zero-order valence-electron chi connectivity index (χ0n) is 13.2. The van der Waals surface area contributed by atoms with E-state index in [1.807, 2.05) is 0 Å². The fourth-order valence-corrected chi connectivity index (χ4v) is 8.73. The molecule has 0 fully saturated rings. The second-order valence-electron chi connectivity index (χ2n) is 6.81. The molecule has 0 saturated heterocycles. The summed E-state index contributed by atoms with van der Waals surface area (Å²) in [5.41, 5.74) is 0. The predicted octanol–water partition coefficient (Wildman–Crippen LogP) is 4.74. The second-order valence-corrected chi connectivity index (χ2v) is 10.9. The van der Waals surface area contributed by atoms with Crippen molar-refractivity contribution in [1.82, 2.24) is 0 Å². The predicted molar refractivity (Wildman–Crippen MR) is 101 cm³/mol. The first-order chi connectivity index (χ1) is 11.7. The third-order valence-corrected chi connectivity index (χ3v) is 9.69. The Morgan fingerprint density at radius 3 is 1.46 bits per heavy atom. The van der Waals surface area contributed by atoms with Gasteiger partial charge in [-0.1, -0.05) is 0 Å². The van der Waals surface area contributed by atoms with Gasteiger partial charge in [-0.2, -0.15) is 0 Å². The molecule has 24 heavy (non-hydrogen) atoms. The molecule has 0 bridgehead atoms. The topological polar surface area (TPSA) is 18.5 Å². The van der Waals surface area contributed by atoms with E-state index in [-0.39, 0.29) is 0 Å². The van der Waals surface area contributed by atoms with Gasteiger partial charge in [-0.3, -0.25) is 0 Å². The molecule has 6 rings (SSSR count). The van der Waals surface area contributed by atoms with Crippen molar-refractivity contribution in [3.05, 3.63) is 72.8 Å². The first-order valence-electron chi connectivity index (χ1n) is 8.14. The van der Waals surface area contributed by atoms with Gasteiger partial charge in [0.25, 0.3) is 0 Å². The van der Waals surface area contributed by atoms with Gasteiger partial charge in [0.1, 0.15) is 0 Å². The van der Waals surface area contributed by atoms with Crippen LogP contribution >= 0.6 is 7.06 Å². The van der Waals surface area contributed by atoms with Crippen molar-refractivity contribution in [3.8, 4) is 11.5 Å². The van der Waals surface area contributed by atoms with Gasteiger partial charge in [-0.25, -0.2) is 0 Å². The molecule has 2 nitrogen and oxygen atoms in total. The van der Waals surface area contributed by atoms with Crippen LogP contribution in [0.25, 0.3) is 21.5 Å². The van der Waals surface area contributed by atoms with Crippen LogP contribution in [0.5, 0.6) is 11.5 Å². The van der Waals surface area contributed by atoms with E-state index < -0.39 is 7.06 Å².